The van der Waals surface area contributed by atoms with Gasteiger partial charge < -0.3 is 4.74 Å². The highest BCUT2D eigenvalue weighted by Gasteiger charge is 2.29. The van der Waals surface area contributed by atoms with Crippen molar-refractivity contribution in [2.45, 2.75) is 25.4 Å². The molecule has 2 rings (SSSR count). The summed E-state index contributed by atoms with van der Waals surface area (Å²) in [5.74, 6) is 0. The molecule has 0 N–H and O–H groups in total. The first kappa shape index (κ1) is 15.3. The highest BCUT2D eigenvalue weighted by atomic mass is 79.9. The Hall–Kier alpha value is -1.12. The highest BCUT2D eigenvalue weighted by Crippen LogP contribution is 2.33. The number of unbranched alkanes of at least 4 members (excludes halogenated alkanes) is 1. The number of benzene rings is 2. The summed E-state index contributed by atoms with van der Waals surface area (Å²) < 4.78 is 6.28. The van der Waals surface area contributed by atoms with E-state index in [2.05, 4.69) is 71.4 Å². The second-order valence-corrected chi connectivity index (χ2v) is 5.80. The number of alkyl halides is 1. The molecule has 0 saturated carbocycles. The van der Waals surface area contributed by atoms with Crippen molar-refractivity contribution in [3.05, 3.63) is 71.8 Å². The number of rotatable bonds is 7. The fraction of sp³-hybridized carbons (Fsp3) is 0.333. The molecule has 20 heavy (non-hydrogen) atoms. The maximum Gasteiger partial charge on any atom is 0.115 e. The molecule has 0 aromatic heterocycles. The van der Waals surface area contributed by atoms with Gasteiger partial charge in [0.05, 0.1) is 0 Å². The molecule has 0 unspecified atom stereocenters. The van der Waals surface area contributed by atoms with Gasteiger partial charge in [-0.05, 0) is 30.9 Å². The van der Waals surface area contributed by atoms with Gasteiger partial charge in [-0.15, -0.1) is 0 Å². The predicted octanol–water partition coefficient (Wildman–Crippen LogP) is 5.14. The third-order valence-corrected chi connectivity index (χ3v) is 4.13. The SMILES string of the molecule is CC(OCCCCBr)(c1ccccc1)c1ccccc1. The normalized spacial score (nSPS) is 11.5. The van der Waals surface area contributed by atoms with Crippen molar-refractivity contribution >= 4 is 15.9 Å². The van der Waals surface area contributed by atoms with E-state index < -0.39 is 0 Å². The molecule has 0 saturated heterocycles. The van der Waals surface area contributed by atoms with E-state index in [0.717, 1.165) is 24.8 Å². The lowest BCUT2D eigenvalue weighted by atomic mass is 9.88. The fourth-order valence-electron chi connectivity index (χ4n) is 2.32. The summed E-state index contributed by atoms with van der Waals surface area (Å²) in [7, 11) is 0. The molecule has 0 amide bonds. The first-order valence-electron chi connectivity index (χ1n) is 7.08. The molecule has 2 aromatic rings. The topological polar surface area (TPSA) is 9.23 Å². The van der Waals surface area contributed by atoms with Crippen LogP contribution in [0, 0.1) is 0 Å². The van der Waals surface area contributed by atoms with Gasteiger partial charge in [0.2, 0.25) is 0 Å². The molecular formula is C18H21BrO. The fourth-order valence-corrected chi connectivity index (χ4v) is 2.72. The predicted molar refractivity (Wildman–Crippen MR) is 88.3 cm³/mol. The Morgan fingerprint density at radius 1 is 0.850 bits per heavy atom. The molecule has 0 heterocycles. The maximum absolute atomic E-state index is 6.28. The molecule has 0 aliphatic heterocycles. The quantitative estimate of drug-likeness (QED) is 0.503. The van der Waals surface area contributed by atoms with Crippen molar-refractivity contribution in [1.82, 2.24) is 0 Å². The van der Waals surface area contributed by atoms with Crippen molar-refractivity contribution in [1.29, 1.82) is 0 Å². The minimum Gasteiger partial charge on any atom is -0.366 e. The summed E-state index contributed by atoms with van der Waals surface area (Å²) in [6.07, 6.45) is 2.21. The minimum absolute atomic E-state index is 0.380. The molecule has 0 radical (unpaired) electrons. The van der Waals surface area contributed by atoms with Crippen LogP contribution in [0.3, 0.4) is 0 Å². The second kappa shape index (κ2) is 7.61. The van der Waals surface area contributed by atoms with E-state index >= 15 is 0 Å². The molecule has 2 heteroatoms. The third-order valence-electron chi connectivity index (χ3n) is 3.57. The molecule has 0 atom stereocenters. The van der Waals surface area contributed by atoms with E-state index in [-0.39, 0.29) is 5.60 Å². The van der Waals surface area contributed by atoms with Crippen LogP contribution in [0.5, 0.6) is 0 Å². The van der Waals surface area contributed by atoms with E-state index in [4.69, 9.17) is 4.74 Å². The first-order valence-corrected chi connectivity index (χ1v) is 8.20. The van der Waals surface area contributed by atoms with Crippen LogP contribution in [-0.2, 0) is 10.3 Å². The van der Waals surface area contributed by atoms with Crippen molar-refractivity contribution in [3.8, 4) is 0 Å². The monoisotopic (exact) mass is 332 g/mol. The van der Waals surface area contributed by atoms with Crippen molar-refractivity contribution in [2.24, 2.45) is 0 Å². The Bertz CT molecular complexity index is 456. The van der Waals surface area contributed by atoms with Crippen LogP contribution < -0.4 is 0 Å². The Morgan fingerprint density at radius 2 is 1.35 bits per heavy atom. The zero-order chi connectivity index (χ0) is 14.3. The van der Waals surface area contributed by atoms with Gasteiger partial charge in [-0.1, -0.05) is 76.6 Å². The van der Waals surface area contributed by atoms with Gasteiger partial charge >= 0.3 is 0 Å². The van der Waals surface area contributed by atoms with Crippen molar-refractivity contribution in [3.63, 3.8) is 0 Å². The molecule has 106 valence electrons. The largest absolute Gasteiger partial charge is 0.366 e. The van der Waals surface area contributed by atoms with E-state index in [0.29, 0.717) is 0 Å². The Labute approximate surface area is 130 Å². The summed E-state index contributed by atoms with van der Waals surface area (Å²) in [6, 6.07) is 20.9. The molecule has 0 aliphatic rings. The second-order valence-electron chi connectivity index (χ2n) is 5.01. The zero-order valence-electron chi connectivity index (χ0n) is 11.9. The van der Waals surface area contributed by atoms with E-state index in [1.165, 1.54) is 11.1 Å². The van der Waals surface area contributed by atoms with E-state index in [1.807, 2.05) is 12.1 Å². The Kier molecular flexibility index (Phi) is 5.81. The number of ether oxygens (including phenoxy) is 1. The van der Waals surface area contributed by atoms with Crippen LogP contribution in [0.15, 0.2) is 60.7 Å². The minimum atomic E-state index is -0.380. The van der Waals surface area contributed by atoms with E-state index in [1.54, 1.807) is 0 Å². The highest BCUT2D eigenvalue weighted by molar-refractivity contribution is 9.09. The summed E-state index contributed by atoms with van der Waals surface area (Å²) >= 11 is 3.46. The van der Waals surface area contributed by atoms with Gasteiger partial charge in [0.15, 0.2) is 0 Å². The lowest BCUT2D eigenvalue weighted by Gasteiger charge is -2.31. The van der Waals surface area contributed by atoms with Gasteiger partial charge in [-0.3, -0.25) is 0 Å². The molecule has 0 fully saturated rings. The molecular weight excluding hydrogens is 312 g/mol. The summed E-state index contributed by atoms with van der Waals surface area (Å²) in [6.45, 7) is 2.93. The van der Waals surface area contributed by atoms with Crippen LogP contribution in [0.2, 0.25) is 0 Å². The van der Waals surface area contributed by atoms with Gasteiger partial charge in [-0.25, -0.2) is 0 Å². The van der Waals surface area contributed by atoms with Crippen LogP contribution in [0.25, 0.3) is 0 Å². The summed E-state index contributed by atoms with van der Waals surface area (Å²) in [5.41, 5.74) is 2.02. The Morgan fingerprint density at radius 3 is 1.80 bits per heavy atom. The zero-order valence-corrected chi connectivity index (χ0v) is 13.5. The lowest BCUT2D eigenvalue weighted by Crippen LogP contribution is -2.28. The third kappa shape index (κ3) is 3.71. The summed E-state index contributed by atoms with van der Waals surface area (Å²) in [5, 5.41) is 1.03. The lowest BCUT2D eigenvalue weighted by molar-refractivity contribution is -0.00542. The van der Waals surface area contributed by atoms with Gasteiger partial charge in [-0.2, -0.15) is 0 Å². The van der Waals surface area contributed by atoms with Crippen LogP contribution in [0.1, 0.15) is 30.9 Å². The smallest absolute Gasteiger partial charge is 0.115 e. The molecule has 1 nitrogen and oxygen atoms in total. The molecule has 0 bridgehead atoms. The number of hydrogen-bond donors (Lipinski definition) is 0. The summed E-state index contributed by atoms with van der Waals surface area (Å²) in [4.78, 5) is 0. The maximum atomic E-state index is 6.28. The number of halogens is 1. The number of hydrogen-bond acceptors (Lipinski definition) is 1. The first-order chi connectivity index (χ1) is 9.77. The van der Waals surface area contributed by atoms with Gasteiger partial charge in [0.1, 0.15) is 5.60 Å². The Balaban J connectivity index is 2.24. The van der Waals surface area contributed by atoms with Gasteiger partial charge in [0.25, 0.3) is 0 Å². The van der Waals surface area contributed by atoms with Crippen LogP contribution in [-0.4, -0.2) is 11.9 Å². The molecule has 2 aromatic carbocycles. The standard InChI is InChI=1S/C18H21BrO/c1-18(20-15-9-8-14-19,16-10-4-2-5-11-16)17-12-6-3-7-13-17/h2-7,10-13H,8-9,14-15H2,1H3. The van der Waals surface area contributed by atoms with Gasteiger partial charge in [0, 0.05) is 11.9 Å². The van der Waals surface area contributed by atoms with E-state index in [9.17, 15) is 0 Å². The van der Waals surface area contributed by atoms with Crippen LogP contribution >= 0.6 is 15.9 Å². The molecule has 0 aliphatic carbocycles. The average molecular weight is 333 g/mol. The van der Waals surface area contributed by atoms with Crippen LogP contribution in [0.4, 0.5) is 0 Å². The van der Waals surface area contributed by atoms with Crippen molar-refractivity contribution in [2.75, 3.05) is 11.9 Å². The molecule has 0 spiro atoms. The average Bonchev–Trinajstić information content (AvgIpc) is 2.53. The van der Waals surface area contributed by atoms with Crippen molar-refractivity contribution < 1.29 is 4.74 Å².